The van der Waals surface area contributed by atoms with Gasteiger partial charge in [0, 0.05) is 25.7 Å². The molecular formula is C23H26N4O4S. The van der Waals surface area contributed by atoms with Crippen molar-refractivity contribution in [3.63, 3.8) is 0 Å². The molecule has 4 rings (SSSR count). The first-order chi connectivity index (χ1) is 15.3. The van der Waals surface area contributed by atoms with E-state index in [9.17, 15) is 9.59 Å². The normalized spacial score (nSPS) is 12.7. The van der Waals surface area contributed by atoms with E-state index in [4.69, 9.17) is 9.47 Å². The fourth-order valence-corrected chi connectivity index (χ4v) is 4.87. The van der Waals surface area contributed by atoms with Crippen LogP contribution in [0.3, 0.4) is 0 Å². The molecule has 0 radical (unpaired) electrons. The van der Waals surface area contributed by atoms with Crippen LogP contribution in [0.4, 0.5) is 0 Å². The van der Waals surface area contributed by atoms with Crippen molar-refractivity contribution in [1.29, 1.82) is 0 Å². The highest BCUT2D eigenvalue weighted by Gasteiger charge is 2.25. The summed E-state index contributed by atoms with van der Waals surface area (Å²) >= 11 is 1.25. The maximum atomic E-state index is 13.4. The summed E-state index contributed by atoms with van der Waals surface area (Å²) in [6.45, 7) is 9.37. The average molecular weight is 455 g/mol. The highest BCUT2D eigenvalue weighted by atomic mass is 32.1. The highest BCUT2D eigenvalue weighted by Crippen LogP contribution is 2.35. The summed E-state index contributed by atoms with van der Waals surface area (Å²) in [5.41, 5.74) is 3.32. The molecule has 0 atom stereocenters. The number of hydrogen-bond acceptors (Lipinski definition) is 7. The Morgan fingerprint density at radius 1 is 1.19 bits per heavy atom. The van der Waals surface area contributed by atoms with Crippen LogP contribution in [-0.2, 0) is 13.6 Å². The van der Waals surface area contributed by atoms with E-state index in [2.05, 4.69) is 10.1 Å². The molecule has 1 amide bonds. The number of rotatable bonds is 5. The lowest BCUT2D eigenvalue weighted by atomic mass is 10.1. The minimum atomic E-state index is -0.221. The number of hydrogen-bond donors (Lipinski definition) is 0. The van der Waals surface area contributed by atoms with Crippen LogP contribution in [0.15, 0.2) is 23.0 Å². The molecule has 0 aliphatic carbocycles. The number of fused-ring (bicyclic) bond motifs is 1. The number of thiazole rings is 1. The number of carbonyl (C=O) groups excluding carboxylic acids is 1. The van der Waals surface area contributed by atoms with Gasteiger partial charge in [0.15, 0.2) is 11.5 Å². The molecule has 0 spiro atoms. The van der Waals surface area contributed by atoms with Gasteiger partial charge in [0.25, 0.3) is 11.5 Å². The van der Waals surface area contributed by atoms with E-state index in [1.807, 2.05) is 39.0 Å². The molecule has 9 heteroatoms. The number of amides is 1. The standard InChI is InChI=1S/C23H26N4O4S/c1-6-27(12-16-8-7-9-17-19(16)31-11-10-30-17)23(29)20-15(4)24-21(32-20)18-13(2)14(3)25-26(5)22(18)28/h7-9H,6,10-12H2,1-5H3. The number of carbonyl (C=O) groups is 1. The van der Waals surface area contributed by atoms with Gasteiger partial charge in [-0.3, -0.25) is 9.59 Å². The summed E-state index contributed by atoms with van der Waals surface area (Å²) in [5.74, 6) is 1.27. The van der Waals surface area contributed by atoms with Crippen molar-refractivity contribution < 1.29 is 14.3 Å². The molecule has 1 aromatic carbocycles. The van der Waals surface area contributed by atoms with Gasteiger partial charge < -0.3 is 14.4 Å². The third-order valence-electron chi connectivity index (χ3n) is 5.61. The number of benzene rings is 1. The van der Waals surface area contributed by atoms with Crippen LogP contribution in [0.1, 0.15) is 39.1 Å². The van der Waals surface area contributed by atoms with Crippen molar-refractivity contribution in [1.82, 2.24) is 19.7 Å². The number of para-hydroxylation sites is 1. The molecule has 3 aromatic rings. The molecule has 3 heterocycles. The Bertz CT molecular complexity index is 1250. The molecule has 1 aliphatic rings. The molecular weight excluding hydrogens is 428 g/mol. The van der Waals surface area contributed by atoms with Gasteiger partial charge >= 0.3 is 0 Å². The lowest BCUT2D eigenvalue weighted by Gasteiger charge is -2.25. The Kier molecular flexibility index (Phi) is 6.01. The fourth-order valence-electron chi connectivity index (χ4n) is 3.74. The summed E-state index contributed by atoms with van der Waals surface area (Å²) in [5, 5.41) is 4.77. The van der Waals surface area contributed by atoms with E-state index in [-0.39, 0.29) is 11.5 Å². The Morgan fingerprint density at radius 2 is 1.94 bits per heavy atom. The minimum absolute atomic E-state index is 0.122. The van der Waals surface area contributed by atoms with E-state index in [0.717, 1.165) is 16.8 Å². The molecule has 0 saturated carbocycles. The van der Waals surface area contributed by atoms with Gasteiger partial charge in [-0.1, -0.05) is 12.1 Å². The van der Waals surface area contributed by atoms with E-state index >= 15 is 0 Å². The first kappa shape index (κ1) is 22.0. The quantitative estimate of drug-likeness (QED) is 0.588. The van der Waals surface area contributed by atoms with Crippen molar-refractivity contribution in [2.75, 3.05) is 19.8 Å². The molecule has 1 aliphatic heterocycles. The Labute approximate surface area is 190 Å². The van der Waals surface area contributed by atoms with Crippen LogP contribution in [0.5, 0.6) is 11.5 Å². The Morgan fingerprint density at radius 3 is 2.69 bits per heavy atom. The molecule has 0 N–H and O–H groups in total. The van der Waals surface area contributed by atoms with Crippen LogP contribution >= 0.6 is 11.3 Å². The first-order valence-electron chi connectivity index (χ1n) is 10.5. The summed E-state index contributed by atoms with van der Waals surface area (Å²) in [6, 6.07) is 5.72. The maximum Gasteiger partial charge on any atom is 0.277 e. The molecule has 168 valence electrons. The highest BCUT2D eigenvalue weighted by molar-refractivity contribution is 7.17. The largest absolute Gasteiger partial charge is 0.486 e. The van der Waals surface area contributed by atoms with Crippen LogP contribution in [0.25, 0.3) is 10.6 Å². The number of aromatic nitrogens is 3. The Balaban J connectivity index is 1.67. The zero-order valence-corrected chi connectivity index (χ0v) is 19.7. The van der Waals surface area contributed by atoms with Gasteiger partial charge in [0.05, 0.1) is 17.0 Å². The second-order valence-electron chi connectivity index (χ2n) is 7.71. The number of ether oxygens (including phenoxy) is 2. The summed E-state index contributed by atoms with van der Waals surface area (Å²) in [6.07, 6.45) is 0. The predicted molar refractivity (Wildman–Crippen MR) is 123 cm³/mol. The van der Waals surface area contributed by atoms with Crippen LogP contribution in [-0.4, -0.2) is 45.3 Å². The summed E-state index contributed by atoms with van der Waals surface area (Å²) < 4.78 is 12.8. The van der Waals surface area contributed by atoms with E-state index in [1.165, 1.54) is 16.0 Å². The van der Waals surface area contributed by atoms with Gasteiger partial charge in [0.1, 0.15) is 23.1 Å². The third-order valence-corrected chi connectivity index (χ3v) is 6.77. The topological polar surface area (TPSA) is 86.5 Å². The van der Waals surface area contributed by atoms with Crippen molar-refractivity contribution in [2.24, 2.45) is 7.05 Å². The monoisotopic (exact) mass is 454 g/mol. The summed E-state index contributed by atoms with van der Waals surface area (Å²) in [4.78, 5) is 33.1. The number of aryl methyl sites for hydroxylation is 3. The van der Waals surface area contributed by atoms with Crippen molar-refractivity contribution >= 4 is 17.2 Å². The van der Waals surface area contributed by atoms with Gasteiger partial charge in [-0.25, -0.2) is 9.67 Å². The summed E-state index contributed by atoms with van der Waals surface area (Å²) in [7, 11) is 1.62. The average Bonchev–Trinajstić information content (AvgIpc) is 3.17. The van der Waals surface area contributed by atoms with Crippen molar-refractivity contribution in [2.45, 2.75) is 34.2 Å². The number of nitrogens with zero attached hydrogens (tertiary/aromatic N) is 4. The van der Waals surface area contributed by atoms with Crippen molar-refractivity contribution in [3.8, 4) is 22.1 Å². The zero-order valence-electron chi connectivity index (χ0n) is 18.9. The lowest BCUT2D eigenvalue weighted by molar-refractivity contribution is 0.0753. The predicted octanol–water partition coefficient (Wildman–Crippen LogP) is 3.26. The third kappa shape index (κ3) is 3.88. The maximum absolute atomic E-state index is 13.4. The molecule has 8 nitrogen and oxygen atoms in total. The minimum Gasteiger partial charge on any atom is -0.486 e. The van der Waals surface area contributed by atoms with Gasteiger partial charge in [-0.05, 0) is 39.3 Å². The lowest BCUT2D eigenvalue weighted by Crippen LogP contribution is -2.30. The molecule has 0 fully saturated rings. The second-order valence-corrected chi connectivity index (χ2v) is 8.71. The molecule has 0 saturated heterocycles. The van der Waals surface area contributed by atoms with E-state index in [1.54, 1.807) is 18.9 Å². The SMILES string of the molecule is CCN(Cc1cccc2c1OCCO2)C(=O)c1sc(-c2c(C)c(C)nn(C)c2=O)nc1C. The van der Waals surface area contributed by atoms with Crippen LogP contribution < -0.4 is 15.0 Å². The molecule has 2 aromatic heterocycles. The van der Waals surface area contributed by atoms with Gasteiger partial charge in [0.2, 0.25) is 0 Å². The van der Waals surface area contributed by atoms with Gasteiger partial charge in [-0.2, -0.15) is 5.10 Å². The molecule has 0 unspecified atom stereocenters. The van der Waals surface area contributed by atoms with Crippen LogP contribution in [0, 0.1) is 20.8 Å². The fraction of sp³-hybridized carbons (Fsp3) is 0.391. The van der Waals surface area contributed by atoms with E-state index < -0.39 is 0 Å². The Hall–Kier alpha value is -3.20. The van der Waals surface area contributed by atoms with Crippen molar-refractivity contribution in [3.05, 3.63) is 55.9 Å². The second kappa shape index (κ2) is 8.74. The molecule has 0 bridgehead atoms. The first-order valence-corrected chi connectivity index (χ1v) is 11.3. The zero-order chi connectivity index (χ0) is 23.0. The van der Waals surface area contributed by atoms with Gasteiger partial charge in [-0.15, -0.1) is 11.3 Å². The molecule has 32 heavy (non-hydrogen) atoms. The van der Waals surface area contributed by atoms with E-state index in [0.29, 0.717) is 58.9 Å². The van der Waals surface area contributed by atoms with Crippen LogP contribution in [0.2, 0.25) is 0 Å². The smallest absolute Gasteiger partial charge is 0.277 e.